The minimum Gasteiger partial charge on any atom is -0.326 e. The summed E-state index contributed by atoms with van der Waals surface area (Å²) in [5, 5.41) is 3.48. The second-order valence-corrected chi connectivity index (χ2v) is 9.32. The van der Waals surface area contributed by atoms with Gasteiger partial charge in [-0.15, -0.1) is 0 Å². The molecule has 1 saturated heterocycles. The van der Waals surface area contributed by atoms with Gasteiger partial charge in [-0.2, -0.15) is 0 Å². The maximum absolute atomic E-state index is 12.7. The third-order valence-electron chi connectivity index (χ3n) is 4.80. The zero-order valence-electron chi connectivity index (χ0n) is 15.2. The molecule has 0 spiro atoms. The molecule has 144 valence electrons. The molecule has 3 rings (SSSR count). The van der Waals surface area contributed by atoms with Gasteiger partial charge in [0.05, 0.1) is 5.75 Å². The van der Waals surface area contributed by atoms with E-state index in [9.17, 15) is 13.2 Å². The number of benzene rings is 2. The lowest BCUT2D eigenvalue weighted by atomic mass is 9.97. The van der Waals surface area contributed by atoms with Gasteiger partial charge in [-0.05, 0) is 49.6 Å². The molecule has 0 aromatic heterocycles. The number of sulfonamides is 1. The molecule has 0 unspecified atom stereocenters. The van der Waals surface area contributed by atoms with E-state index in [4.69, 9.17) is 11.6 Å². The van der Waals surface area contributed by atoms with E-state index in [0.29, 0.717) is 36.6 Å². The predicted octanol–water partition coefficient (Wildman–Crippen LogP) is 3.83. The van der Waals surface area contributed by atoms with Crippen LogP contribution in [0, 0.1) is 12.8 Å². The summed E-state index contributed by atoms with van der Waals surface area (Å²) in [4.78, 5) is 12.4. The van der Waals surface area contributed by atoms with Crippen LogP contribution < -0.4 is 5.32 Å². The normalized spacial score (nSPS) is 16.2. The van der Waals surface area contributed by atoms with E-state index in [1.807, 2.05) is 31.2 Å². The van der Waals surface area contributed by atoms with E-state index in [1.165, 1.54) is 4.31 Å². The molecule has 0 radical (unpaired) electrons. The molecule has 27 heavy (non-hydrogen) atoms. The van der Waals surface area contributed by atoms with Crippen LogP contribution >= 0.6 is 11.6 Å². The number of anilines is 1. The fourth-order valence-electron chi connectivity index (χ4n) is 3.16. The van der Waals surface area contributed by atoms with Crippen LogP contribution in [-0.2, 0) is 20.6 Å². The van der Waals surface area contributed by atoms with Crippen LogP contribution in [0.4, 0.5) is 5.69 Å². The van der Waals surface area contributed by atoms with Gasteiger partial charge < -0.3 is 5.32 Å². The Hall–Kier alpha value is -1.89. The van der Waals surface area contributed by atoms with Crippen LogP contribution in [0.2, 0.25) is 5.02 Å². The molecule has 2 aromatic rings. The maximum Gasteiger partial charge on any atom is 0.227 e. The van der Waals surface area contributed by atoms with E-state index in [-0.39, 0.29) is 17.6 Å². The highest BCUT2D eigenvalue weighted by molar-refractivity contribution is 7.88. The highest BCUT2D eigenvalue weighted by Gasteiger charge is 2.31. The Morgan fingerprint density at radius 1 is 1.07 bits per heavy atom. The van der Waals surface area contributed by atoms with Crippen LogP contribution in [0.25, 0.3) is 0 Å². The minimum absolute atomic E-state index is 0.00504. The van der Waals surface area contributed by atoms with Crippen molar-refractivity contribution in [2.45, 2.75) is 25.5 Å². The Labute approximate surface area is 165 Å². The largest absolute Gasteiger partial charge is 0.326 e. The van der Waals surface area contributed by atoms with Crippen LogP contribution in [0.3, 0.4) is 0 Å². The van der Waals surface area contributed by atoms with E-state index < -0.39 is 10.0 Å². The number of amides is 1. The second-order valence-electron chi connectivity index (χ2n) is 6.91. The van der Waals surface area contributed by atoms with E-state index in [2.05, 4.69) is 5.32 Å². The molecule has 1 aliphatic rings. The summed E-state index contributed by atoms with van der Waals surface area (Å²) in [6.45, 7) is 2.71. The molecular weight excluding hydrogens is 384 g/mol. The standard InChI is InChI=1S/C20H23ClN2O3S/c1-15-2-4-16(5-3-15)14-27(25,26)23-12-10-17(11-13-23)20(24)22-19-8-6-18(21)7-9-19/h2-9,17H,10-14H2,1H3,(H,22,24). The molecule has 2 aromatic carbocycles. The van der Waals surface area contributed by atoms with Crippen molar-refractivity contribution in [1.29, 1.82) is 0 Å². The molecule has 1 N–H and O–H groups in total. The molecule has 0 aliphatic carbocycles. The summed E-state index contributed by atoms with van der Waals surface area (Å²) in [5.41, 5.74) is 2.57. The number of carbonyl (C=O) groups excluding carboxylic acids is 1. The topological polar surface area (TPSA) is 66.5 Å². The van der Waals surface area contributed by atoms with Crippen LogP contribution in [-0.4, -0.2) is 31.7 Å². The number of carbonyl (C=O) groups is 1. The highest BCUT2D eigenvalue weighted by Crippen LogP contribution is 2.23. The summed E-state index contributed by atoms with van der Waals surface area (Å²) in [5.74, 6) is -0.269. The van der Waals surface area contributed by atoms with Crippen molar-refractivity contribution in [2.75, 3.05) is 18.4 Å². The Morgan fingerprint density at radius 2 is 1.67 bits per heavy atom. The SMILES string of the molecule is Cc1ccc(CS(=O)(=O)N2CCC(C(=O)Nc3ccc(Cl)cc3)CC2)cc1. The van der Waals surface area contributed by atoms with Crippen LogP contribution in [0.15, 0.2) is 48.5 Å². The molecule has 0 atom stereocenters. The Bertz CT molecular complexity index is 888. The summed E-state index contributed by atoms with van der Waals surface area (Å²) in [6, 6.07) is 14.5. The first-order chi connectivity index (χ1) is 12.8. The van der Waals surface area contributed by atoms with E-state index in [0.717, 1.165) is 11.1 Å². The smallest absolute Gasteiger partial charge is 0.227 e. The average Bonchev–Trinajstić information content (AvgIpc) is 2.65. The number of rotatable bonds is 5. The van der Waals surface area contributed by atoms with Gasteiger partial charge in [0, 0.05) is 29.7 Å². The molecular formula is C20H23ClN2O3S. The number of halogens is 1. The van der Waals surface area contributed by atoms with Gasteiger partial charge in [0.2, 0.25) is 15.9 Å². The second kappa shape index (κ2) is 8.42. The van der Waals surface area contributed by atoms with Gasteiger partial charge in [-0.3, -0.25) is 4.79 Å². The van der Waals surface area contributed by atoms with Crippen LogP contribution in [0.1, 0.15) is 24.0 Å². The molecule has 0 bridgehead atoms. The van der Waals surface area contributed by atoms with Crippen molar-refractivity contribution >= 4 is 33.2 Å². The van der Waals surface area contributed by atoms with Gasteiger partial charge in [-0.25, -0.2) is 12.7 Å². The van der Waals surface area contributed by atoms with Gasteiger partial charge in [0.25, 0.3) is 0 Å². The van der Waals surface area contributed by atoms with Crippen LogP contribution in [0.5, 0.6) is 0 Å². The fourth-order valence-corrected chi connectivity index (χ4v) is 4.85. The third-order valence-corrected chi connectivity index (χ3v) is 6.90. The van der Waals surface area contributed by atoms with Crippen molar-refractivity contribution in [3.8, 4) is 0 Å². The number of aryl methyl sites for hydroxylation is 1. The zero-order valence-corrected chi connectivity index (χ0v) is 16.8. The van der Waals surface area contributed by atoms with Crippen molar-refractivity contribution in [3.05, 3.63) is 64.7 Å². The average molecular weight is 407 g/mol. The maximum atomic E-state index is 12.7. The van der Waals surface area contributed by atoms with Gasteiger partial charge in [0.15, 0.2) is 0 Å². The predicted molar refractivity (Wildman–Crippen MR) is 108 cm³/mol. The van der Waals surface area contributed by atoms with Gasteiger partial charge >= 0.3 is 0 Å². The number of nitrogens with zero attached hydrogens (tertiary/aromatic N) is 1. The first kappa shape index (κ1) is 19.9. The van der Waals surface area contributed by atoms with Crippen molar-refractivity contribution in [3.63, 3.8) is 0 Å². The number of hydrogen-bond acceptors (Lipinski definition) is 3. The van der Waals surface area contributed by atoms with Crippen molar-refractivity contribution in [2.24, 2.45) is 5.92 Å². The summed E-state index contributed by atoms with van der Waals surface area (Å²) in [7, 11) is -3.38. The summed E-state index contributed by atoms with van der Waals surface area (Å²) in [6.07, 6.45) is 1.04. The molecule has 5 nitrogen and oxygen atoms in total. The number of hydrogen-bond donors (Lipinski definition) is 1. The summed E-state index contributed by atoms with van der Waals surface area (Å²) >= 11 is 5.85. The lowest BCUT2D eigenvalue weighted by molar-refractivity contribution is -0.120. The van der Waals surface area contributed by atoms with Crippen molar-refractivity contribution < 1.29 is 13.2 Å². The first-order valence-corrected chi connectivity index (χ1v) is 10.9. The number of nitrogens with one attached hydrogen (secondary N) is 1. The third kappa shape index (κ3) is 5.31. The van der Waals surface area contributed by atoms with Crippen molar-refractivity contribution in [1.82, 2.24) is 4.31 Å². The monoisotopic (exact) mass is 406 g/mol. The molecule has 0 saturated carbocycles. The molecule has 1 aliphatic heterocycles. The highest BCUT2D eigenvalue weighted by atomic mass is 35.5. The zero-order chi connectivity index (χ0) is 19.4. The number of piperidine rings is 1. The Kier molecular flexibility index (Phi) is 6.19. The summed E-state index contributed by atoms with van der Waals surface area (Å²) < 4.78 is 26.8. The van der Waals surface area contributed by atoms with Gasteiger partial charge in [-0.1, -0.05) is 41.4 Å². The molecule has 7 heteroatoms. The first-order valence-electron chi connectivity index (χ1n) is 8.93. The lowest BCUT2D eigenvalue weighted by Gasteiger charge is -2.30. The molecule has 1 amide bonds. The Morgan fingerprint density at radius 3 is 2.26 bits per heavy atom. The Balaban J connectivity index is 1.55. The molecule has 1 fully saturated rings. The fraction of sp³-hybridized carbons (Fsp3) is 0.350. The van der Waals surface area contributed by atoms with Gasteiger partial charge in [0.1, 0.15) is 0 Å². The minimum atomic E-state index is -3.38. The van der Waals surface area contributed by atoms with E-state index >= 15 is 0 Å². The van der Waals surface area contributed by atoms with E-state index in [1.54, 1.807) is 24.3 Å². The quantitative estimate of drug-likeness (QED) is 0.820. The lowest BCUT2D eigenvalue weighted by Crippen LogP contribution is -2.41. The molecule has 1 heterocycles.